The minimum absolute atomic E-state index is 0.134. The molecule has 2 aliphatic heterocycles. The fraction of sp³-hybridized carbons (Fsp3) is 0.789. The first-order valence-electron chi connectivity index (χ1n) is 9.12. The maximum atomic E-state index is 11.6. The Kier molecular flexibility index (Phi) is 3.82. The highest BCUT2D eigenvalue weighted by molar-refractivity contribution is 5.66. The number of aliphatic hydroxyl groups is 1. The maximum Gasteiger partial charge on any atom is 0.302 e. The molecule has 0 radical (unpaired) electrons. The van der Waals surface area contributed by atoms with E-state index in [0.717, 1.165) is 5.57 Å². The van der Waals surface area contributed by atoms with Crippen molar-refractivity contribution < 1.29 is 33.6 Å². The Morgan fingerprint density at radius 3 is 2.58 bits per heavy atom. The predicted octanol–water partition coefficient (Wildman–Crippen LogP) is 1.12. The lowest BCUT2D eigenvalue weighted by Crippen LogP contribution is -2.65. The second-order valence-electron chi connectivity index (χ2n) is 8.41. The van der Waals surface area contributed by atoms with Crippen molar-refractivity contribution in [3.63, 3.8) is 0 Å². The smallest absolute Gasteiger partial charge is 0.302 e. The highest BCUT2D eigenvalue weighted by Crippen LogP contribution is 2.71. The molecule has 1 saturated carbocycles. The number of epoxide rings is 1. The normalized spacial score (nSPS) is 48.6. The quantitative estimate of drug-likeness (QED) is 0.454. The molecule has 2 heterocycles. The number of rotatable bonds is 3. The van der Waals surface area contributed by atoms with Gasteiger partial charge in [0.2, 0.25) is 0 Å². The van der Waals surface area contributed by atoms with Gasteiger partial charge in [-0.2, -0.15) is 0 Å². The van der Waals surface area contributed by atoms with E-state index in [4.69, 9.17) is 18.9 Å². The molecule has 0 amide bonds. The molecule has 1 spiro atoms. The molecule has 144 valence electrons. The Morgan fingerprint density at radius 1 is 1.31 bits per heavy atom. The van der Waals surface area contributed by atoms with Crippen molar-refractivity contribution in [2.45, 2.75) is 70.6 Å². The molecule has 0 aromatic rings. The van der Waals surface area contributed by atoms with Crippen molar-refractivity contribution in [2.75, 3.05) is 13.2 Å². The fourth-order valence-corrected chi connectivity index (χ4v) is 5.52. The number of aliphatic hydroxyl groups excluding tert-OH is 1. The van der Waals surface area contributed by atoms with Gasteiger partial charge in [-0.3, -0.25) is 9.59 Å². The van der Waals surface area contributed by atoms with Gasteiger partial charge in [0.1, 0.15) is 24.4 Å². The average Bonchev–Trinajstić information content (AvgIpc) is 3.30. The lowest BCUT2D eigenvalue weighted by molar-refractivity contribution is -0.229. The molecular formula is C19H26O7. The Labute approximate surface area is 152 Å². The average molecular weight is 366 g/mol. The number of esters is 2. The Hall–Kier alpha value is -1.44. The molecule has 26 heavy (non-hydrogen) atoms. The highest BCUT2D eigenvalue weighted by Gasteiger charge is 2.82. The molecule has 2 aliphatic carbocycles. The van der Waals surface area contributed by atoms with Crippen LogP contribution in [0.3, 0.4) is 0 Å². The van der Waals surface area contributed by atoms with E-state index >= 15 is 0 Å². The molecule has 7 unspecified atom stereocenters. The van der Waals surface area contributed by atoms with Gasteiger partial charge in [-0.1, -0.05) is 13.0 Å². The maximum absolute atomic E-state index is 11.6. The van der Waals surface area contributed by atoms with Crippen LogP contribution in [0.2, 0.25) is 0 Å². The van der Waals surface area contributed by atoms with Crippen LogP contribution in [0, 0.1) is 10.8 Å². The summed E-state index contributed by atoms with van der Waals surface area (Å²) >= 11 is 0. The van der Waals surface area contributed by atoms with Gasteiger partial charge in [-0.15, -0.1) is 0 Å². The van der Waals surface area contributed by atoms with E-state index in [1.54, 1.807) is 0 Å². The van der Waals surface area contributed by atoms with Crippen LogP contribution in [-0.2, 0) is 28.5 Å². The molecule has 4 rings (SSSR count). The molecule has 0 aromatic heterocycles. The SMILES string of the molecule is CC(=O)OCC12CC(O)C(C)=CC1OC1C(OC(C)=O)CC2(C)C12CO2. The lowest BCUT2D eigenvalue weighted by atomic mass is 9.51. The van der Waals surface area contributed by atoms with Gasteiger partial charge in [-0.25, -0.2) is 0 Å². The molecule has 3 fully saturated rings. The molecule has 2 bridgehead atoms. The molecule has 2 saturated heterocycles. The predicted molar refractivity (Wildman–Crippen MR) is 89.1 cm³/mol. The summed E-state index contributed by atoms with van der Waals surface area (Å²) in [7, 11) is 0. The van der Waals surface area contributed by atoms with Crippen LogP contribution in [0.1, 0.15) is 40.5 Å². The molecular weight excluding hydrogens is 340 g/mol. The molecule has 1 N–H and O–H groups in total. The van der Waals surface area contributed by atoms with Crippen molar-refractivity contribution in [1.29, 1.82) is 0 Å². The van der Waals surface area contributed by atoms with E-state index in [0.29, 0.717) is 19.4 Å². The standard InChI is InChI=1S/C19H26O7/c1-10-5-15-18(6-13(10)22,8-23-11(2)20)17(4)7-14(25-12(3)21)16(26-15)19(17)9-24-19/h5,13-16,22H,6-9H2,1-4H3. The summed E-state index contributed by atoms with van der Waals surface area (Å²) in [5.74, 6) is -0.723. The molecule has 7 nitrogen and oxygen atoms in total. The van der Waals surface area contributed by atoms with Gasteiger partial charge < -0.3 is 24.1 Å². The third kappa shape index (κ3) is 2.17. The van der Waals surface area contributed by atoms with Gasteiger partial charge in [-0.05, 0) is 25.3 Å². The summed E-state index contributed by atoms with van der Waals surface area (Å²) in [5, 5.41) is 10.6. The Balaban J connectivity index is 1.80. The number of carbonyl (C=O) groups excluding carboxylic acids is 2. The Bertz CT molecular complexity index is 681. The Morgan fingerprint density at radius 2 is 2.00 bits per heavy atom. The third-order valence-electron chi connectivity index (χ3n) is 7.08. The van der Waals surface area contributed by atoms with E-state index in [2.05, 4.69) is 6.92 Å². The van der Waals surface area contributed by atoms with Crippen LogP contribution in [0.5, 0.6) is 0 Å². The second kappa shape index (κ2) is 5.53. The second-order valence-corrected chi connectivity index (χ2v) is 8.41. The number of fused-ring (bicyclic) bond motifs is 2. The van der Waals surface area contributed by atoms with Crippen LogP contribution in [0.25, 0.3) is 0 Å². The number of hydrogen-bond donors (Lipinski definition) is 1. The zero-order valence-corrected chi connectivity index (χ0v) is 15.6. The van der Waals surface area contributed by atoms with Gasteiger partial charge >= 0.3 is 11.9 Å². The van der Waals surface area contributed by atoms with Crippen LogP contribution in [0.15, 0.2) is 11.6 Å². The number of carbonyl (C=O) groups is 2. The topological polar surface area (TPSA) is 94.6 Å². The third-order valence-corrected chi connectivity index (χ3v) is 7.08. The summed E-state index contributed by atoms with van der Waals surface area (Å²) in [4.78, 5) is 23.2. The van der Waals surface area contributed by atoms with Crippen molar-refractivity contribution in [1.82, 2.24) is 0 Å². The summed E-state index contributed by atoms with van der Waals surface area (Å²) in [6.07, 6.45) is 1.15. The molecule has 0 aromatic carbocycles. The van der Waals surface area contributed by atoms with Crippen molar-refractivity contribution in [3.05, 3.63) is 11.6 Å². The zero-order chi connectivity index (χ0) is 18.9. The highest BCUT2D eigenvalue weighted by atomic mass is 16.7. The van der Waals surface area contributed by atoms with Gasteiger partial charge in [0.05, 0.1) is 18.8 Å². The van der Waals surface area contributed by atoms with Crippen molar-refractivity contribution >= 4 is 11.9 Å². The van der Waals surface area contributed by atoms with Gasteiger partial charge in [0, 0.05) is 24.7 Å². The first-order chi connectivity index (χ1) is 12.2. The summed E-state index contributed by atoms with van der Waals surface area (Å²) in [6, 6.07) is 0. The molecule has 4 aliphatic rings. The first-order valence-corrected chi connectivity index (χ1v) is 9.12. The summed E-state index contributed by atoms with van der Waals surface area (Å²) in [6.45, 7) is 7.38. The van der Waals surface area contributed by atoms with Crippen LogP contribution >= 0.6 is 0 Å². The van der Waals surface area contributed by atoms with E-state index in [9.17, 15) is 14.7 Å². The van der Waals surface area contributed by atoms with E-state index in [-0.39, 0.29) is 30.8 Å². The zero-order valence-electron chi connectivity index (χ0n) is 15.6. The van der Waals surface area contributed by atoms with Crippen molar-refractivity contribution in [3.8, 4) is 0 Å². The van der Waals surface area contributed by atoms with Crippen molar-refractivity contribution in [2.24, 2.45) is 10.8 Å². The van der Waals surface area contributed by atoms with Crippen LogP contribution < -0.4 is 0 Å². The lowest BCUT2D eigenvalue weighted by Gasteiger charge is -2.57. The summed E-state index contributed by atoms with van der Waals surface area (Å²) in [5.41, 5.74) is -0.822. The number of hydrogen-bond acceptors (Lipinski definition) is 7. The van der Waals surface area contributed by atoms with Gasteiger partial charge in [0.15, 0.2) is 0 Å². The molecule has 7 atom stereocenters. The minimum atomic E-state index is -0.639. The van der Waals surface area contributed by atoms with E-state index in [1.165, 1.54) is 13.8 Å². The van der Waals surface area contributed by atoms with E-state index < -0.39 is 28.6 Å². The first kappa shape index (κ1) is 17.9. The monoisotopic (exact) mass is 366 g/mol. The molecule has 7 heteroatoms. The fourth-order valence-electron chi connectivity index (χ4n) is 5.52. The minimum Gasteiger partial charge on any atom is -0.465 e. The summed E-state index contributed by atoms with van der Waals surface area (Å²) < 4.78 is 23.4. The van der Waals surface area contributed by atoms with Crippen LogP contribution in [-0.4, -0.2) is 60.3 Å². The van der Waals surface area contributed by atoms with Crippen LogP contribution in [0.4, 0.5) is 0 Å². The van der Waals surface area contributed by atoms with E-state index in [1.807, 2.05) is 13.0 Å². The number of ether oxygens (including phenoxy) is 4. The largest absolute Gasteiger partial charge is 0.465 e. The van der Waals surface area contributed by atoms with Gasteiger partial charge in [0.25, 0.3) is 0 Å².